The fraction of sp³-hybridized carbons (Fsp3) is 0. The molecule has 0 saturated carbocycles. The van der Waals surface area contributed by atoms with Crippen molar-refractivity contribution in [3.05, 3.63) is 0 Å². The van der Waals surface area contributed by atoms with Gasteiger partial charge in [-0.2, -0.15) is 0 Å². The molecule has 0 atom stereocenters. The van der Waals surface area contributed by atoms with Crippen LogP contribution in [-0.4, -0.2) is 25.8 Å². The molecule has 0 aliphatic carbocycles. The first-order valence-electron chi connectivity index (χ1n) is 0. The Kier molecular flexibility index (Phi) is 205. The second-order valence-electron chi connectivity index (χ2n) is 0. The van der Waals surface area contributed by atoms with Crippen molar-refractivity contribution in [3.63, 3.8) is 0 Å². The van der Waals surface area contributed by atoms with E-state index >= 15 is 0 Å². The van der Waals surface area contributed by atoms with Crippen LogP contribution in [0.25, 0.3) is 0 Å². The number of hydrogen-bond donors (Lipinski definition) is 0. The molecule has 0 amide bonds. The summed E-state index contributed by atoms with van der Waals surface area (Å²) in [4.78, 5) is 0. The number of halogens is 1. The Bertz CT molecular complexity index is 11.6. The molecule has 0 aliphatic heterocycles. The molecule has 0 unspecified atom stereocenters. The first kappa shape index (κ1) is 39.5. The first-order chi connectivity index (χ1) is 0. The first-order valence-corrected chi connectivity index (χ1v) is 0. The Labute approximate surface area is 68.6 Å². The van der Waals surface area contributed by atoms with E-state index in [-0.39, 0.29) is 69.2 Å². The summed E-state index contributed by atoms with van der Waals surface area (Å²) in [7, 11) is 0. The Morgan fingerprint density at radius 3 is 1.25 bits per heavy atom. The quantitative estimate of drug-likeness (QED) is 0.270. The fourth-order valence-electron chi connectivity index (χ4n) is 0. The van der Waals surface area contributed by atoms with Crippen LogP contribution in [-0.2, 0) is 0 Å². The molecular weight excluding hydrogens is 96.2 g/mol. The summed E-state index contributed by atoms with van der Waals surface area (Å²) in [5.41, 5.74) is 0. The van der Waals surface area contributed by atoms with E-state index in [1.165, 1.54) is 0 Å². The van der Waals surface area contributed by atoms with Crippen molar-refractivity contribution in [2.45, 2.75) is 0 Å². The van der Waals surface area contributed by atoms with Gasteiger partial charge in [0.15, 0.2) is 17.4 Å². The minimum Gasteiger partial charge on any atom is -1.00 e. The molecule has 0 heterocycles. The van der Waals surface area contributed by atoms with Crippen molar-refractivity contribution in [1.82, 2.24) is 0 Å². The molecule has 0 bridgehead atoms. The molecule has 0 aromatic carbocycles. The third-order valence-electron chi connectivity index (χ3n) is 0. The van der Waals surface area contributed by atoms with Gasteiger partial charge < -0.3 is 1.43 Å². The van der Waals surface area contributed by atoms with Crippen molar-refractivity contribution in [1.29, 1.82) is 0 Å². The third kappa shape index (κ3) is 9.10. The Hall–Kier alpha value is 1.89. The van der Waals surface area contributed by atoms with Crippen molar-refractivity contribution >= 4 is 38.2 Å². The maximum atomic E-state index is 0. The van der Waals surface area contributed by atoms with Crippen LogP contribution in [0.2, 0.25) is 0 Å². The molecule has 0 fully saturated rings. The van der Waals surface area contributed by atoms with Crippen molar-refractivity contribution < 1.29 is 31.0 Å². The zero-order valence-electron chi connectivity index (χ0n) is 2.41. The summed E-state index contributed by atoms with van der Waals surface area (Å²) >= 11 is 0. The summed E-state index contributed by atoms with van der Waals surface area (Å²) in [5, 5.41) is 0. The average molecular weight is 105 g/mol. The normalized spacial score (nSPS) is 0. The van der Waals surface area contributed by atoms with Crippen LogP contribution in [0.15, 0.2) is 0 Å². The van der Waals surface area contributed by atoms with E-state index in [2.05, 4.69) is 0 Å². The van der Waals surface area contributed by atoms with E-state index in [1.807, 2.05) is 0 Å². The van der Waals surface area contributed by atoms with E-state index < -0.39 is 0 Å². The van der Waals surface area contributed by atoms with Gasteiger partial charge in [-0.25, -0.2) is 0 Å². The monoisotopic (exact) mass is 105 g/mol. The van der Waals surface area contributed by atoms with Crippen LogP contribution >= 0.6 is 12.4 Å². The molecule has 0 saturated heterocycles. The van der Waals surface area contributed by atoms with Gasteiger partial charge in [0.1, 0.15) is 0 Å². The van der Waals surface area contributed by atoms with Gasteiger partial charge in [0.25, 0.3) is 0 Å². The SMILES string of the molecule is Cl.[AlH3].[BH4-].[H-].[Na+]. The van der Waals surface area contributed by atoms with Gasteiger partial charge in [0.2, 0.25) is 0 Å². The molecule has 0 nitrogen and oxygen atoms in total. The summed E-state index contributed by atoms with van der Waals surface area (Å²) in [5.74, 6) is 0. The van der Waals surface area contributed by atoms with E-state index in [0.29, 0.717) is 0 Å². The number of hydrogen-bond acceptors (Lipinski definition) is 0. The molecule has 0 spiro atoms. The summed E-state index contributed by atoms with van der Waals surface area (Å²) in [6.07, 6.45) is 0. The van der Waals surface area contributed by atoms with E-state index in [1.54, 1.807) is 0 Å². The third-order valence-corrected chi connectivity index (χ3v) is 0. The second kappa shape index (κ2) is 20.7. The van der Waals surface area contributed by atoms with Crippen molar-refractivity contribution in [2.75, 3.05) is 0 Å². The Morgan fingerprint density at radius 2 is 1.25 bits per heavy atom. The molecule has 0 N–H and O–H groups in total. The minimum absolute atomic E-state index is 0. The maximum Gasteiger partial charge on any atom is 1.00 e. The summed E-state index contributed by atoms with van der Waals surface area (Å²) < 4.78 is 0. The second-order valence-corrected chi connectivity index (χ2v) is 0. The molecule has 0 rings (SSSR count). The summed E-state index contributed by atoms with van der Waals surface area (Å²) in [6.45, 7) is 0. The van der Waals surface area contributed by atoms with Gasteiger partial charge in [-0.15, -0.1) is 12.4 Å². The molecule has 0 aromatic rings. The number of rotatable bonds is 0. The van der Waals surface area contributed by atoms with Gasteiger partial charge in [0.05, 0.1) is 0 Å². The van der Waals surface area contributed by atoms with Gasteiger partial charge in [-0.1, -0.05) is 8.41 Å². The van der Waals surface area contributed by atoms with E-state index in [0.717, 1.165) is 0 Å². The van der Waals surface area contributed by atoms with Crippen LogP contribution in [0, 0.1) is 0 Å². The van der Waals surface area contributed by atoms with Crippen LogP contribution < -0.4 is 29.6 Å². The van der Waals surface area contributed by atoms with Crippen molar-refractivity contribution in [2.24, 2.45) is 0 Å². The maximum absolute atomic E-state index is 0. The Morgan fingerprint density at radius 1 is 1.25 bits per heavy atom. The van der Waals surface area contributed by atoms with Crippen LogP contribution in [0.3, 0.4) is 0 Å². The minimum atomic E-state index is 0. The average Bonchev–Trinajstić information content (AvgIpc) is 0. The molecule has 0 aromatic heterocycles. The van der Waals surface area contributed by atoms with Gasteiger partial charge in [-0.3, -0.25) is 0 Å². The molecule has 4 heteroatoms. The molecule has 0 radical (unpaired) electrons. The predicted molar refractivity (Wildman–Crippen MR) is 29.6 cm³/mol. The molecular formula is H9AlBClNa-. The molecule has 0 aliphatic rings. The smallest absolute Gasteiger partial charge is 1.00 e. The zero-order chi connectivity index (χ0) is 0. The zero-order valence-corrected chi connectivity index (χ0v) is 4.22. The van der Waals surface area contributed by atoms with Crippen molar-refractivity contribution in [3.8, 4) is 0 Å². The molecule has 24 valence electrons. The standard InChI is InChI=1S/Al.BH4.ClH.Na.4H/h;1H4;1H;;;;;/q;-1;;+1;;;;-1. The van der Waals surface area contributed by atoms with Crippen LogP contribution in [0.1, 0.15) is 1.43 Å². The van der Waals surface area contributed by atoms with Gasteiger partial charge >= 0.3 is 29.6 Å². The fourth-order valence-corrected chi connectivity index (χ4v) is 0. The largest absolute Gasteiger partial charge is 1.00 e. The summed E-state index contributed by atoms with van der Waals surface area (Å²) in [6, 6.07) is 0. The predicted octanol–water partition coefficient (Wildman–Crippen LogP) is -5.10. The van der Waals surface area contributed by atoms with Gasteiger partial charge in [0, 0.05) is 0 Å². The topological polar surface area (TPSA) is 0 Å². The van der Waals surface area contributed by atoms with Gasteiger partial charge in [-0.05, 0) is 0 Å². The molecule has 4 heavy (non-hydrogen) atoms. The van der Waals surface area contributed by atoms with E-state index in [9.17, 15) is 0 Å². The Balaban J connectivity index is 0. The van der Waals surface area contributed by atoms with Crippen LogP contribution in [0.5, 0.6) is 0 Å². The van der Waals surface area contributed by atoms with Crippen LogP contribution in [0.4, 0.5) is 0 Å². The van der Waals surface area contributed by atoms with E-state index in [4.69, 9.17) is 0 Å².